The summed E-state index contributed by atoms with van der Waals surface area (Å²) in [5.41, 5.74) is 2.66. The molecular formula is C16H25N. The number of hydrogen-bond donors (Lipinski definition) is 0. The maximum atomic E-state index is 4.31. The van der Waals surface area contributed by atoms with Gasteiger partial charge in [-0.05, 0) is 24.6 Å². The molecule has 1 aromatic carbocycles. The fraction of sp³-hybridized carbons (Fsp3) is 0.500. The van der Waals surface area contributed by atoms with E-state index in [1.807, 2.05) is 0 Å². The Labute approximate surface area is 106 Å². The quantitative estimate of drug-likeness (QED) is 0.660. The van der Waals surface area contributed by atoms with E-state index < -0.39 is 0 Å². The number of rotatable bonds is 6. The third-order valence-electron chi connectivity index (χ3n) is 3.39. The van der Waals surface area contributed by atoms with Crippen LogP contribution in [-0.2, 0) is 0 Å². The summed E-state index contributed by atoms with van der Waals surface area (Å²) in [6.07, 6.45) is 0. The number of hydrogen-bond acceptors (Lipinski definition) is 1. The molecule has 0 heterocycles. The largest absolute Gasteiger partial charge is 0.293 e. The van der Waals surface area contributed by atoms with Crippen molar-refractivity contribution in [1.29, 1.82) is 0 Å². The standard InChI is InChI=1S/C16H25N/c1-6-17(7-2)16(14(5)13(3)4)15-11-9-8-10-12-15/h8-13,16H,5-7H2,1-4H3. The lowest BCUT2D eigenvalue weighted by Gasteiger charge is -2.33. The second-order valence-corrected chi connectivity index (χ2v) is 4.76. The first-order valence-corrected chi connectivity index (χ1v) is 6.59. The van der Waals surface area contributed by atoms with Gasteiger partial charge < -0.3 is 0 Å². The lowest BCUT2D eigenvalue weighted by Crippen LogP contribution is -2.30. The third-order valence-corrected chi connectivity index (χ3v) is 3.39. The molecule has 17 heavy (non-hydrogen) atoms. The second-order valence-electron chi connectivity index (χ2n) is 4.76. The Morgan fingerprint density at radius 3 is 2.06 bits per heavy atom. The summed E-state index contributed by atoms with van der Waals surface area (Å²) in [6.45, 7) is 15.3. The van der Waals surface area contributed by atoms with E-state index in [4.69, 9.17) is 0 Å². The van der Waals surface area contributed by atoms with E-state index in [0.717, 1.165) is 13.1 Å². The minimum atomic E-state index is 0.353. The lowest BCUT2D eigenvalue weighted by atomic mass is 9.90. The number of nitrogens with zero attached hydrogens (tertiary/aromatic N) is 1. The summed E-state index contributed by atoms with van der Waals surface area (Å²) in [5, 5.41) is 0. The number of benzene rings is 1. The summed E-state index contributed by atoms with van der Waals surface area (Å²) in [5.74, 6) is 0.515. The molecule has 0 bridgehead atoms. The normalized spacial score (nSPS) is 13.1. The highest BCUT2D eigenvalue weighted by Gasteiger charge is 2.22. The summed E-state index contributed by atoms with van der Waals surface area (Å²) in [6, 6.07) is 11.1. The zero-order valence-corrected chi connectivity index (χ0v) is 11.6. The molecule has 0 aliphatic heterocycles. The van der Waals surface area contributed by atoms with E-state index >= 15 is 0 Å². The van der Waals surface area contributed by atoms with Crippen LogP contribution in [0, 0.1) is 5.92 Å². The highest BCUT2D eigenvalue weighted by atomic mass is 15.1. The van der Waals surface area contributed by atoms with Crippen LogP contribution >= 0.6 is 0 Å². The molecule has 1 nitrogen and oxygen atoms in total. The van der Waals surface area contributed by atoms with Crippen molar-refractivity contribution in [3.63, 3.8) is 0 Å². The average Bonchev–Trinajstić information content (AvgIpc) is 2.36. The first-order valence-electron chi connectivity index (χ1n) is 6.59. The molecule has 0 aromatic heterocycles. The fourth-order valence-corrected chi connectivity index (χ4v) is 2.20. The summed E-state index contributed by atoms with van der Waals surface area (Å²) in [4.78, 5) is 2.47. The minimum Gasteiger partial charge on any atom is -0.293 e. The van der Waals surface area contributed by atoms with Gasteiger partial charge in [-0.15, -0.1) is 0 Å². The predicted molar refractivity (Wildman–Crippen MR) is 76.1 cm³/mol. The van der Waals surface area contributed by atoms with E-state index in [-0.39, 0.29) is 0 Å². The highest BCUT2D eigenvalue weighted by molar-refractivity contribution is 5.27. The molecule has 0 aliphatic rings. The molecule has 0 spiro atoms. The van der Waals surface area contributed by atoms with Gasteiger partial charge in [-0.25, -0.2) is 0 Å². The van der Waals surface area contributed by atoms with Crippen molar-refractivity contribution >= 4 is 0 Å². The first kappa shape index (κ1) is 14.0. The monoisotopic (exact) mass is 231 g/mol. The Hall–Kier alpha value is -1.08. The van der Waals surface area contributed by atoms with Gasteiger partial charge >= 0.3 is 0 Å². The van der Waals surface area contributed by atoms with Gasteiger partial charge in [0.15, 0.2) is 0 Å². The SMILES string of the molecule is C=C(C(C)C)C(c1ccccc1)N(CC)CC. The van der Waals surface area contributed by atoms with Crippen molar-refractivity contribution in [1.82, 2.24) is 4.90 Å². The van der Waals surface area contributed by atoms with Crippen molar-refractivity contribution in [2.24, 2.45) is 5.92 Å². The van der Waals surface area contributed by atoms with E-state index in [1.54, 1.807) is 0 Å². The summed E-state index contributed by atoms with van der Waals surface area (Å²) >= 11 is 0. The molecule has 0 saturated carbocycles. The molecule has 1 atom stereocenters. The van der Waals surface area contributed by atoms with Crippen LogP contribution < -0.4 is 0 Å². The van der Waals surface area contributed by atoms with Crippen molar-refractivity contribution in [2.75, 3.05) is 13.1 Å². The van der Waals surface area contributed by atoms with E-state index in [1.165, 1.54) is 11.1 Å². The van der Waals surface area contributed by atoms with Crippen LogP contribution in [0.1, 0.15) is 39.3 Å². The molecule has 1 unspecified atom stereocenters. The molecule has 1 heteroatoms. The molecule has 0 aliphatic carbocycles. The molecule has 0 saturated heterocycles. The Balaban J connectivity index is 3.06. The second kappa shape index (κ2) is 6.61. The molecule has 1 rings (SSSR count). The first-order chi connectivity index (χ1) is 8.11. The maximum absolute atomic E-state index is 4.31. The van der Waals surface area contributed by atoms with Crippen LogP contribution in [0.4, 0.5) is 0 Å². The molecular weight excluding hydrogens is 206 g/mol. The Morgan fingerprint density at radius 1 is 1.12 bits per heavy atom. The van der Waals surface area contributed by atoms with Gasteiger partial charge in [-0.2, -0.15) is 0 Å². The molecule has 0 radical (unpaired) electrons. The minimum absolute atomic E-state index is 0.353. The summed E-state index contributed by atoms with van der Waals surface area (Å²) in [7, 11) is 0. The predicted octanol–water partition coefficient (Wildman–Crippen LogP) is 4.28. The smallest absolute Gasteiger partial charge is 0.0560 e. The maximum Gasteiger partial charge on any atom is 0.0560 e. The van der Waals surface area contributed by atoms with Crippen LogP contribution in [-0.4, -0.2) is 18.0 Å². The van der Waals surface area contributed by atoms with Crippen LogP contribution in [0.3, 0.4) is 0 Å². The Bertz CT molecular complexity index is 336. The lowest BCUT2D eigenvalue weighted by molar-refractivity contribution is 0.238. The van der Waals surface area contributed by atoms with Crippen molar-refractivity contribution in [3.8, 4) is 0 Å². The van der Waals surface area contributed by atoms with E-state index in [0.29, 0.717) is 12.0 Å². The van der Waals surface area contributed by atoms with Crippen molar-refractivity contribution < 1.29 is 0 Å². The van der Waals surface area contributed by atoms with Crippen molar-refractivity contribution in [3.05, 3.63) is 48.0 Å². The van der Waals surface area contributed by atoms with Crippen LogP contribution in [0.25, 0.3) is 0 Å². The molecule has 94 valence electrons. The van der Waals surface area contributed by atoms with Gasteiger partial charge in [0.2, 0.25) is 0 Å². The molecule has 0 N–H and O–H groups in total. The zero-order chi connectivity index (χ0) is 12.8. The van der Waals surface area contributed by atoms with Gasteiger partial charge in [0.1, 0.15) is 0 Å². The van der Waals surface area contributed by atoms with E-state index in [2.05, 4.69) is 69.5 Å². The topological polar surface area (TPSA) is 3.24 Å². The highest BCUT2D eigenvalue weighted by Crippen LogP contribution is 2.31. The molecule has 0 fully saturated rings. The molecule has 0 amide bonds. The summed E-state index contributed by atoms with van der Waals surface area (Å²) < 4.78 is 0. The van der Waals surface area contributed by atoms with Gasteiger partial charge in [-0.1, -0.05) is 70.2 Å². The van der Waals surface area contributed by atoms with Crippen LogP contribution in [0.5, 0.6) is 0 Å². The van der Waals surface area contributed by atoms with Gasteiger partial charge in [0.05, 0.1) is 6.04 Å². The number of likely N-dealkylation sites (N-methyl/N-ethyl adjacent to an activating group) is 1. The van der Waals surface area contributed by atoms with E-state index in [9.17, 15) is 0 Å². The Kier molecular flexibility index (Phi) is 5.43. The zero-order valence-electron chi connectivity index (χ0n) is 11.6. The van der Waals surface area contributed by atoms with Crippen molar-refractivity contribution in [2.45, 2.75) is 33.7 Å². The van der Waals surface area contributed by atoms with Gasteiger partial charge in [-0.3, -0.25) is 4.90 Å². The fourth-order valence-electron chi connectivity index (χ4n) is 2.20. The Morgan fingerprint density at radius 2 is 1.65 bits per heavy atom. The van der Waals surface area contributed by atoms with Gasteiger partial charge in [0, 0.05) is 0 Å². The van der Waals surface area contributed by atoms with Gasteiger partial charge in [0.25, 0.3) is 0 Å². The molecule has 1 aromatic rings. The third kappa shape index (κ3) is 3.44. The van der Waals surface area contributed by atoms with Crippen LogP contribution in [0.2, 0.25) is 0 Å². The van der Waals surface area contributed by atoms with Crippen LogP contribution in [0.15, 0.2) is 42.5 Å². The average molecular weight is 231 g/mol.